The Morgan fingerprint density at radius 2 is 1.95 bits per heavy atom. The first kappa shape index (κ1) is 15.4. The molecular formula is C16H17ClN2O2. The number of hydrogen-bond acceptors (Lipinski definition) is 3. The van der Waals surface area contributed by atoms with Crippen LogP contribution in [0.5, 0.6) is 5.75 Å². The van der Waals surface area contributed by atoms with Crippen LogP contribution >= 0.6 is 11.6 Å². The molecule has 0 aliphatic carbocycles. The highest BCUT2D eigenvalue weighted by atomic mass is 35.5. The van der Waals surface area contributed by atoms with Crippen LogP contribution < -0.4 is 15.8 Å². The molecule has 0 unspecified atom stereocenters. The van der Waals surface area contributed by atoms with Crippen molar-refractivity contribution in [3.8, 4) is 5.75 Å². The SMILES string of the molecule is NCc1ccc(Cl)cc1OCC(=O)NCc1ccccc1. The van der Waals surface area contributed by atoms with Gasteiger partial charge in [-0.1, -0.05) is 48.0 Å². The highest BCUT2D eigenvalue weighted by Crippen LogP contribution is 2.22. The summed E-state index contributed by atoms with van der Waals surface area (Å²) in [6.45, 7) is 0.737. The monoisotopic (exact) mass is 304 g/mol. The lowest BCUT2D eigenvalue weighted by molar-refractivity contribution is -0.123. The molecule has 0 aliphatic heterocycles. The second kappa shape index (κ2) is 7.67. The third-order valence-corrected chi connectivity index (χ3v) is 3.18. The largest absolute Gasteiger partial charge is 0.483 e. The summed E-state index contributed by atoms with van der Waals surface area (Å²) in [4.78, 5) is 11.8. The van der Waals surface area contributed by atoms with E-state index in [2.05, 4.69) is 5.32 Å². The summed E-state index contributed by atoms with van der Waals surface area (Å²) in [5.41, 5.74) is 7.47. The second-order valence-electron chi connectivity index (χ2n) is 4.51. The molecule has 21 heavy (non-hydrogen) atoms. The van der Waals surface area contributed by atoms with Gasteiger partial charge in [0.2, 0.25) is 0 Å². The van der Waals surface area contributed by atoms with Gasteiger partial charge in [0.25, 0.3) is 5.91 Å². The molecule has 0 saturated carbocycles. The molecule has 0 radical (unpaired) electrons. The van der Waals surface area contributed by atoms with Gasteiger partial charge in [-0.15, -0.1) is 0 Å². The molecule has 2 aromatic carbocycles. The van der Waals surface area contributed by atoms with E-state index in [1.54, 1.807) is 18.2 Å². The van der Waals surface area contributed by atoms with Crippen molar-refractivity contribution >= 4 is 17.5 Å². The molecule has 110 valence electrons. The van der Waals surface area contributed by atoms with Gasteiger partial charge in [-0.2, -0.15) is 0 Å². The van der Waals surface area contributed by atoms with E-state index in [9.17, 15) is 4.79 Å². The zero-order valence-electron chi connectivity index (χ0n) is 11.5. The first-order valence-corrected chi connectivity index (χ1v) is 6.99. The molecule has 0 aliphatic rings. The lowest BCUT2D eigenvalue weighted by Crippen LogP contribution is -2.28. The summed E-state index contributed by atoms with van der Waals surface area (Å²) in [7, 11) is 0. The third-order valence-electron chi connectivity index (χ3n) is 2.94. The van der Waals surface area contributed by atoms with E-state index in [4.69, 9.17) is 22.1 Å². The molecular weight excluding hydrogens is 288 g/mol. The minimum Gasteiger partial charge on any atom is -0.483 e. The number of benzene rings is 2. The highest BCUT2D eigenvalue weighted by molar-refractivity contribution is 6.30. The van der Waals surface area contributed by atoms with Crippen molar-refractivity contribution < 1.29 is 9.53 Å². The van der Waals surface area contributed by atoms with Crippen molar-refractivity contribution in [3.63, 3.8) is 0 Å². The smallest absolute Gasteiger partial charge is 0.258 e. The van der Waals surface area contributed by atoms with Crippen molar-refractivity contribution in [1.82, 2.24) is 5.32 Å². The van der Waals surface area contributed by atoms with Crippen LogP contribution in [0.15, 0.2) is 48.5 Å². The first-order chi connectivity index (χ1) is 10.2. The maximum absolute atomic E-state index is 11.8. The number of halogens is 1. The number of carbonyl (C=O) groups is 1. The van der Waals surface area contributed by atoms with Crippen LogP contribution in [0.2, 0.25) is 5.02 Å². The second-order valence-corrected chi connectivity index (χ2v) is 4.94. The average Bonchev–Trinajstić information content (AvgIpc) is 2.52. The number of nitrogens with one attached hydrogen (secondary N) is 1. The van der Waals surface area contributed by atoms with Crippen LogP contribution in [0, 0.1) is 0 Å². The number of carbonyl (C=O) groups excluding carboxylic acids is 1. The zero-order valence-corrected chi connectivity index (χ0v) is 12.3. The average molecular weight is 305 g/mol. The minimum absolute atomic E-state index is 0.0693. The summed E-state index contributed by atoms with van der Waals surface area (Å²) in [6, 6.07) is 14.9. The fraction of sp³-hybridized carbons (Fsp3) is 0.188. The Balaban J connectivity index is 1.85. The van der Waals surface area contributed by atoms with Crippen molar-refractivity contribution in [2.45, 2.75) is 13.1 Å². The zero-order chi connectivity index (χ0) is 15.1. The van der Waals surface area contributed by atoms with E-state index in [1.807, 2.05) is 30.3 Å². The Labute approximate surface area is 128 Å². The molecule has 2 aromatic rings. The van der Waals surface area contributed by atoms with Crippen LogP contribution in [0.3, 0.4) is 0 Å². The Hall–Kier alpha value is -2.04. The van der Waals surface area contributed by atoms with Crippen LogP contribution in [-0.4, -0.2) is 12.5 Å². The van der Waals surface area contributed by atoms with Gasteiger partial charge in [0.1, 0.15) is 5.75 Å². The molecule has 4 nitrogen and oxygen atoms in total. The fourth-order valence-corrected chi connectivity index (χ4v) is 1.98. The van der Waals surface area contributed by atoms with E-state index in [1.165, 1.54) is 0 Å². The predicted octanol–water partition coefficient (Wildman–Crippen LogP) is 2.49. The van der Waals surface area contributed by atoms with Crippen LogP contribution in [0.4, 0.5) is 0 Å². The number of amides is 1. The quantitative estimate of drug-likeness (QED) is 0.862. The highest BCUT2D eigenvalue weighted by Gasteiger charge is 2.07. The van der Waals surface area contributed by atoms with Gasteiger partial charge < -0.3 is 15.8 Å². The van der Waals surface area contributed by atoms with E-state index in [0.29, 0.717) is 23.9 Å². The van der Waals surface area contributed by atoms with Gasteiger partial charge in [0.15, 0.2) is 6.61 Å². The van der Waals surface area contributed by atoms with Crippen LogP contribution in [0.1, 0.15) is 11.1 Å². The molecule has 0 saturated heterocycles. The molecule has 0 atom stereocenters. The van der Waals surface area contributed by atoms with Gasteiger partial charge in [-0.25, -0.2) is 0 Å². The number of ether oxygens (including phenoxy) is 1. The molecule has 0 spiro atoms. The molecule has 0 bridgehead atoms. The third kappa shape index (κ3) is 4.77. The lowest BCUT2D eigenvalue weighted by Gasteiger charge is -2.11. The van der Waals surface area contributed by atoms with Crippen molar-refractivity contribution in [3.05, 3.63) is 64.7 Å². The van der Waals surface area contributed by atoms with E-state index in [-0.39, 0.29) is 12.5 Å². The number of rotatable bonds is 6. The fourth-order valence-electron chi connectivity index (χ4n) is 1.82. The van der Waals surface area contributed by atoms with E-state index < -0.39 is 0 Å². The molecule has 0 aromatic heterocycles. The topological polar surface area (TPSA) is 64.3 Å². The number of nitrogens with two attached hydrogens (primary N) is 1. The molecule has 5 heteroatoms. The molecule has 1 amide bonds. The maximum atomic E-state index is 11.8. The van der Waals surface area contributed by atoms with E-state index in [0.717, 1.165) is 11.1 Å². The Kier molecular flexibility index (Phi) is 5.60. The van der Waals surface area contributed by atoms with Crippen molar-refractivity contribution in [1.29, 1.82) is 0 Å². The Morgan fingerprint density at radius 1 is 1.19 bits per heavy atom. The van der Waals surface area contributed by atoms with Crippen molar-refractivity contribution in [2.24, 2.45) is 5.73 Å². The van der Waals surface area contributed by atoms with Gasteiger partial charge in [-0.05, 0) is 17.7 Å². The first-order valence-electron chi connectivity index (χ1n) is 6.61. The lowest BCUT2D eigenvalue weighted by atomic mass is 10.2. The van der Waals surface area contributed by atoms with E-state index >= 15 is 0 Å². The van der Waals surface area contributed by atoms with Gasteiger partial charge >= 0.3 is 0 Å². The normalized spacial score (nSPS) is 10.2. The molecule has 3 N–H and O–H groups in total. The summed E-state index contributed by atoms with van der Waals surface area (Å²) < 4.78 is 5.48. The maximum Gasteiger partial charge on any atom is 0.258 e. The van der Waals surface area contributed by atoms with Gasteiger partial charge in [0, 0.05) is 23.7 Å². The standard InChI is InChI=1S/C16H17ClN2O2/c17-14-7-6-13(9-18)15(8-14)21-11-16(20)19-10-12-4-2-1-3-5-12/h1-8H,9-11,18H2,(H,19,20). The summed E-state index contributed by atoms with van der Waals surface area (Å²) in [6.07, 6.45) is 0. The van der Waals surface area contributed by atoms with Crippen LogP contribution in [0.25, 0.3) is 0 Å². The van der Waals surface area contributed by atoms with Crippen LogP contribution in [-0.2, 0) is 17.9 Å². The predicted molar refractivity (Wildman–Crippen MR) is 83.1 cm³/mol. The summed E-state index contributed by atoms with van der Waals surface area (Å²) in [5, 5.41) is 3.34. The number of hydrogen-bond donors (Lipinski definition) is 2. The Bertz CT molecular complexity index is 602. The minimum atomic E-state index is -0.193. The summed E-state index contributed by atoms with van der Waals surface area (Å²) in [5.74, 6) is 0.349. The van der Waals surface area contributed by atoms with Gasteiger partial charge in [-0.3, -0.25) is 4.79 Å². The Morgan fingerprint density at radius 3 is 2.67 bits per heavy atom. The van der Waals surface area contributed by atoms with Gasteiger partial charge in [0.05, 0.1) is 0 Å². The summed E-state index contributed by atoms with van der Waals surface area (Å²) >= 11 is 5.91. The van der Waals surface area contributed by atoms with Crippen molar-refractivity contribution in [2.75, 3.05) is 6.61 Å². The molecule has 2 rings (SSSR count). The molecule has 0 fully saturated rings. The molecule has 0 heterocycles.